The summed E-state index contributed by atoms with van der Waals surface area (Å²) in [5, 5.41) is 0. The molecule has 0 saturated carbocycles. The summed E-state index contributed by atoms with van der Waals surface area (Å²) in [7, 11) is 0. The Morgan fingerprint density at radius 3 is 2.81 bits per heavy atom. The zero-order valence-electron chi connectivity index (χ0n) is 9.05. The third-order valence-electron chi connectivity index (χ3n) is 2.90. The second-order valence-electron chi connectivity index (χ2n) is 4.35. The highest BCUT2D eigenvalue weighted by atomic mass is 79.9. The summed E-state index contributed by atoms with van der Waals surface area (Å²) in [6.45, 7) is 0. The van der Waals surface area contributed by atoms with Crippen LogP contribution in [0.4, 0.5) is 4.39 Å². The van der Waals surface area contributed by atoms with Gasteiger partial charge in [-0.1, -0.05) is 27.6 Å². The first-order valence-corrected chi connectivity index (χ1v) is 6.31. The molecule has 1 atom stereocenters. The Labute approximate surface area is 104 Å². The first-order valence-electron chi connectivity index (χ1n) is 5.52. The summed E-state index contributed by atoms with van der Waals surface area (Å²) in [5.74, 6) is -0.183. The summed E-state index contributed by atoms with van der Waals surface area (Å²) in [4.78, 5) is 0. The molecule has 0 aliphatic heterocycles. The van der Waals surface area contributed by atoms with Crippen molar-refractivity contribution in [3.8, 4) is 0 Å². The van der Waals surface area contributed by atoms with Crippen LogP contribution < -0.4 is 5.73 Å². The van der Waals surface area contributed by atoms with Crippen LogP contribution in [0.25, 0.3) is 0 Å². The Kier molecular flexibility index (Phi) is 3.77. The molecule has 0 aromatic heterocycles. The molecule has 0 saturated heterocycles. The maximum absolute atomic E-state index is 13.2. The number of allylic oxidation sites excluding steroid dienone is 1. The molecule has 0 radical (unpaired) electrons. The molecule has 2 N–H and O–H groups in total. The average molecular weight is 284 g/mol. The van der Waals surface area contributed by atoms with E-state index in [1.165, 1.54) is 11.6 Å². The van der Waals surface area contributed by atoms with Crippen molar-refractivity contribution in [2.45, 2.75) is 31.7 Å². The van der Waals surface area contributed by atoms with Gasteiger partial charge in [-0.25, -0.2) is 4.39 Å². The Balaban J connectivity index is 2.09. The molecule has 2 rings (SSSR count). The van der Waals surface area contributed by atoms with Crippen molar-refractivity contribution in [3.05, 3.63) is 45.7 Å². The van der Waals surface area contributed by atoms with Crippen LogP contribution in [0, 0.1) is 5.82 Å². The van der Waals surface area contributed by atoms with Crippen LogP contribution in [0.15, 0.2) is 34.3 Å². The maximum atomic E-state index is 13.2. The molecular formula is C13H15BrFN. The highest BCUT2D eigenvalue weighted by Crippen LogP contribution is 2.23. The van der Waals surface area contributed by atoms with E-state index in [0.717, 1.165) is 35.7 Å². The molecule has 1 aliphatic rings. The topological polar surface area (TPSA) is 26.0 Å². The normalized spacial score (nSPS) is 20.7. The van der Waals surface area contributed by atoms with Gasteiger partial charge in [-0.3, -0.25) is 0 Å². The number of hydrogen-bond acceptors (Lipinski definition) is 1. The molecule has 0 fully saturated rings. The summed E-state index contributed by atoms with van der Waals surface area (Å²) >= 11 is 3.31. The SMILES string of the molecule is NC1CC=C(Cc2cc(F)cc(Br)c2)CC1. The number of hydrogen-bond donors (Lipinski definition) is 1. The molecule has 1 aromatic rings. The minimum absolute atomic E-state index is 0.183. The van der Waals surface area contributed by atoms with Gasteiger partial charge in [-0.05, 0) is 49.4 Å². The van der Waals surface area contributed by atoms with Gasteiger partial charge in [0.1, 0.15) is 5.82 Å². The second kappa shape index (κ2) is 5.11. The highest BCUT2D eigenvalue weighted by molar-refractivity contribution is 9.10. The minimum atomic E-state index is -0.183. The van der Waals surface area contributed by atoms with E-state index in [0.29, 0.717) is 6.04 Å². The first-order chi connectivity index (χ1) is 7.63. The quantitative estimate of drug-likeness (QED) is 0.825. The standard InChI is InChI=1S/C13H15BrFN/c14-11-6-10(7-12(15)8-11)5-9-1-3-13(16)4-2-9/h1,6-8,13H,2-5,16H2. The van der Waals surface area contributed by atoms with Gasteiger partial charge >= 0.3 is 0 Å². The van der Waals surface area contributed by atoms with Crippen LogP contribution in [-0.4, -0.2) is 6.04 Å². The van der Waals surface area contributed by atoms with Crippen molar-refractivity contribution in [2.75, 3.05) is 0 Å². The van der Waals surface area contributed by atoms with E-state index in [4.69, 9.17) is 5.73 Å². The maximum Gasteiger partial charge on any atom is 0.124 e. The summed E-state index contributed by atoms with van der Waals surface area (Å²) < 4.78 is 14.0. The van der Waals surface area contributed by atoms with Crippen LogP contribution in [-0.2, 0) is 6.42 Å². The lowest BCUT2D eigenvalue weighted by molar-refractivity contribution is 0.582. The largest absolute Gasteiger partial charge is 0.327 e. The van der Waals surface area contributed by atoms with Crippen LogP contribution in [0.3, 0.4) is 0 Å². The van der Waals surface area contributed by atoms with E-state index >= 15 is 0 Å². The average Bonchev–Trinajstić information content (AvgIpc) is 2.20. The second-order valence-corrected chi connectivity index (χ2v) is 5.27. The highest BCUT2D eigenvalue weighted by Gasteiger charge is 2.11. The molecule has 0 spiro atoms. The molecule has 86 valence electrons. The van der Waals surface area contributed by atoms with Crippen molar-refractivity contribution < 1.29 is 4.39 Å². The lowest BCUT2D eigenvalue weighted by Crippen LogP contribution is -2.22. The molecular weight excluding hydrogens is 269 g/mol. The molecule has 0 heterocycles. The number of nitrogens with two attached hydrogens (primary N) is 1. The van der Waals surface area contributed by atoms with Gasteiger partial charge in [0, 0.05) is 10.5 Å². The fraction of sp³-hybridized carbons (Fsp3) is 0.385. The molecule has 1 nitrogen and oxygen atoms in total. The van der Waals surface area contributed by atoms with Gasteiger partial charge in [-0.15, -0.1) is 0 Å². The van der Waals surface area contributed by atoms with E-state index in [1.54, 1.807) is 6.07 Å². The number of halogens is 2. The molecule has 16 heavy (non-hydrogen) atoms. The lowest BCUT2D eigenvalue weighted by Gasteiger charge is -2.18. The Bertz CT molecular complexity index is 394. The summed E-state index contributed by atoms with van der Waals surface area (Å²) in [6, 6.07) is 5.36. The van der Waals surface area contributed by atoms with E-state index in [1.807, 2.05) is 6.07 Å². The third kappa shape index (κ3) is 3.16. The summed E-state index contributed by atoms with van der Waals surface area (Å²) in [5.41, 5.74) is 8.22. The lowest BCUT2D eigenvalue weighted by atomic mass is 9.92. The zero-order chi connectivity index (χ0) is 11.5. The van der Waals surface area contributed by atoms with Crippen molar-refractivity contribution in [3.63, 3.8) is 0 Å². The van der Waals surface area contributed by atoms with Crippen molar-refractivity contribution in [1.29, 1.82) is 0 Å². The molecule has 0 bridgehead atoms. The Morgan fingerprint density at radius 1 is 1.38 bits per heavy atom. The molecule has 3 heteroatoms. The Morgan fingerprint density at radius 2 is 2.19 bits per heavy atom. The van der Waals surface area contributed by atoms with E-state index in [2.05, 4.69) is 22.0 Å². The fourth-order valence-electron chi connectivity index (χ4n) is 2.04. The van der Waals surface area contributed by atoms with Crippen molar-refractivity contribution in [1.82, 2.24) is 0 Å². The monoisotopic (exact) mass is 283 g/mol. The molecule has 1 aliphatic carbocycles. The van der Waals surface area contributed by atoms with Crippen LogP contribution in [0.5, 0.6) is 0 Å². The van der Waals surface area contributed by atoms with Gasteiger partial charge in [0.25, 0.3) is 0 Å². The summed E-state index contributed by atoms with van der Waals surface area (Å²) in [6.07, 6.45) is 6.07. The van der Waals surface area contributed by atoms with Crippen molar-refractivity contribution >= 4 is 15.9 Å². The van der Waals surface area contributed by atoms with E-state index < -0.39 is 0 Å². The molecule has 1 aromatic carbocycles. The Hall–Kier alpha value is -0.670. The predicted molar refractivity (Wildman–Crippen MR) is 67.7 cm³/mol. The minimum Gasteiger partial charge on any atom is -0.327 e. The van der Waals surface area contributed by atoms with Crippen LogP contribution >= 0.6 is 15.9 Å². The van der Waals surface area contributed by atoms with Gasteiger partial charge in [0.2, 0.25) is 0 Å². The van der Waals surface area contributed by atoms with E-state index in [9.17, 15) is 4.39 Å². The smallest absolute Gasteiger partial charge is 0.124 e. The third-order valence-corrected chi connectivity index (χ3v) is 3.36. The molecule has 1 unspecified atom stereocenters. The van der Waals surface area contributed by atoms with Crippen LogP contribution in [0.1, 0.15) is 24.8 Å². The fourth-order valence-corrected chi connectivity index (χ4v) is 2.56. The van der Waals surface area contributed by atoms with E-state index in [-0.39, 0.29) is 5.82 Å². The van der Waals surface area contributed by atoms with Gasteiger partial charge in [0.05, 0.1) is 0 Å². The zero-order valence-corrected chi connectivity index (χ0v) is 10.6. The van der Waals surface area contributed by atoms with Gasteiger partial charge in [0.15, 0.2) is 0 Å². The van der Waals surface area contributed by atoms with Gasteiger partial charge in [-0.2, -0.15) is 0 Å². The molecule has 0 amide bonds. The van der Waals surface area contributed by atoms with Gasteiger partial charge < -0.3 is 5.73 Å². The number of rotatable bonds is 2. The van der Waals surface area contributed by atoms with Crippen LogP contribution in [0.2, 0.25) is 0 Å². The predicted octanol–water partition coefficient (Wildman–Crippen LogP) is 3.57. The van der Waals surface area contributed by atoms with Crippen molar-refractivity contribution in [2.24, 2.45) is 5.73 Å². The first kappa shape index (κ1) is 11.8. The number of benzene rings is 1.